The van der Waals surface area contributed by atoms with E-state index in [1.807, 2.05) is 0 Å². The highest BCUT2D eigenvalue weighted by atomic mass is 15.1. The fourth-order valence-corrected chi connectivity index (χ4v) is 10.8. The molecule has 0 spiro atoms. The number of nitrogens with zero attached hydrogens (tertiary/aromatic N) is 1. The van der Waals surface area contributed by atoms with Crippen LogP contribution in [0.2, 0.25) is 0 Å². The van der Waals surface area contributed by atoms with Crippen molar-refractivity contribution in [1.82, 2.24) is 0 Å². The Morgan fingerprint density at radius 1 is 0.588 bits per heavy atom. The molecule has 0 N–H and O–H groups in total. The predicted octanol–water partition coefficient (Wildman–Crippen LogP) is 10.1. The van der Waals surface area contributed by atoms with E-state index < -0.39 is 0 Å². The van der Waals surface area contributed by atoms with Crippen molar-refractivity contribution in [2.45, 2.75) is 64.7 Å². The molecule has 1 nitrogen and oxygen atoms in total. The zero-order valence-electron chi connectivity index (χ0n) is 30.6. The van der Waals surface area contributed by atoms with Crippen molar-refractivity contribution in [2.75, 3.05) is 4.90 Å². The average molecular weight is 658 g/mol. The third-order valence-corrected chi connectivity index (χ3v) is 13.1. The summed E-state index contributed by atoms with van der Waals surface area (Å²) in [5.41, 5.74) is 22.8. The molecule has 6 aromatic rings. The highest BCUT2D eigenvalue weighted by Gasteiger charge is 2.50. The Kier molecular flexibility index (Phi) is 6.46. The summed E-state index contributed by atoms with van der Waals surface area (Å²) in [6, 6.07) is 50.6. The van der Waals surface area contributed by atoms with Crippen molar-refractivity contribution in [3.63, 3.8) is 0 Å². The Labute approximate surface area is 303 Å². The fraction of sp³-hybridized carbons (Fsp3) is 0.224. The summed E-state index contributed by atoms with van der Waals surface area (Å²) in [5.74, 6) is 0.797. The van der Waals surface area contributed by atoms with Gasteiger partial charge in [0, 0.05) is 27.9 Å². The van der Waals surface area contributed by atoms with Crippen LogP contribution in [0.3, 0.4) is 0 Å². The predicted molar refractivity (Wildman–Crippen MR) is 217 cm³/mol. The minimum absolute atomic E-state index is 0.0536. The number of para-hydroxylation sites is 2. The maximum atomic E-state index is 2.57. The molecule has 248 valence electrons. The maximum Gasteiger partial charge on any atom is 0.242 e. The number of aryl methyl sites for hydroxylation is 1. The summed E-state index contributed by atoms with van der Waals surface area (Å²) in [5, 5.41) is 0. The summed E-state index contributed by atoms with van der Waals surface area (Å²) < 4.78 is 0. The number of rotatable bonds is 3. The third-order valence-electron chi connectivity index (χ3n) is 13.1. The summed E-state index contributed by atoms with van der Waals surface area (Å²) in [6.45, 7) is 14.9. The van der Waals surface area contributed by atoms with Gasteiger partial charge in [0.2, 0.25) is 6.71 Å². The molecule has 0 saturated heterocycles. The van der Waals surface area contributed by atoms with Gasteiger partial charge in [-0.1, -0.05) is 154 Å². The van der Waals surface area contributed by atoms with Crippen LogP contribution in [0, 0.1) is 12.8 Å². The number of benzene rings is 6. The monoisotopic (exact) mass is 657 g/mol. The summed E-state index contributed by atoms with van der Waals surface area (Å²) in [4.78, 5) is 2.41. The lowest BCUT2D eigenvalue weighted by atomic mass is 9.30. The minimum atomic E-state index is -0.177. The molecule has 2 bridgehead atoms. The highest BCUT2D eigenvalue weighted by molar-refractivity contribution is 6.97. The number of hydrogen-bond acceptors (Lipinski definition) is 1. The van der Waals surface area contributed by atoms with Crippen molar-refractivity contribution >= 4 is 51.3 Å². The third kappa shape index (κ3) is 4.17. The van der Waals surface area contributed by atoms with Crippen LogP contribution in [0.1, 0.15) is 85.0 Å². The van der Waals surface area contributed by atoms with Gasteiger partial charge in [0.25, 0.3) is 0 Å². The first-order valence-corrected chi connectivity index (χ1v) is 18.8. The molecule has 2 heterocycles. The Bertz CT molecular complexity index is 2390. The summed E-state index contributed by atoms with van der Waals surface area (Å²) in [7, 11) is 0. The lowest BCUT2D eigenvalue weighted by Gasteiger charge is -2.42. The molecule has 10 rings (SSSR count). The number of fused-ring (bicyclic) bond motifs is 8. The summed E-state index contributed by atoms with van der Waals surface area (Å²) >= 11 is 0. The molecule has 1 unspecified atom stereocenters. The van der Waals surface area contributed by atoms with E-state index in [-0.39, 0.29) is 17.5 Å². The van der Waals surface area contributed by atoms with Crippen molar-refractivity contribution in [3.8, 4) is 0 Å². The van der Waals surface area contributed by atoms with Gasteiger partial charge >= 0.3 is 0 Å². The van der Waals surface area contributed by atoms with E-state index in [1.54, 1.807) is 27.7 Å². The van der Waals surface area contributed by atoms with Gasteiger partial charge in [-0.05, 0) is 112 Å². The van der Waals surface area contributed by atoms with E-state index in [9.17, 15) is 0 Å². The zero-order valence-corrected chi connectivity index (χ0v) is 30.6. The average Bonchev–Trinajstić information content (AvgIpc) is 3.21. The molecule has 2 heteroatoms. The molecule has 0 aromatic heterocycles. The fourth-order valence-electron chi connectivity index (χ4n) is 10.8. The van der Waals surface area contributed by atoms with Crippen LogP contribution in [-0.4, -0.2) is 6.71 Å². The van der Waals surface area contributed by atoms with E-state index in [0.29, 0.717) is 11.8 Å². The van der Waals surface area contributed by atoms with Crippen LogP contribution >= 0.6 is 0 Å². The Hall–Kier alpha value is -5.08. The molecular formula is C49H44BN. The second-order valence-corrected chi connectivity index (χ2v) is 16.6. The van der Waals surface area contributed by atoms with E-state index >= 15 is 0 Å². The van der Waals surface area contributed by atoms with Crippen molar-refractivity contribution in [3.05, 3.63) is 178 Å². The molecule has 2 aliphatic carbocycles. The van der Waals surface area contributed by atoms with Crippen LogP contribution in [0.5, 0.6) is 0 Å². The van der Waals surface area contributed by atoms with Gasteiger partial charge in [0.1, 0.15) is 0 Å². The maximum absolute atomic E-state index is 2.57. The molecular weight excluding hydrogens is 613 g/mol. The van der Waals surface area contributed by atoms with E-state index in [0.717, 1.165) is 6.42 Å². The first-order chi connectivity index (χ1) is 24.7. The van der Waals surface area contributed by atoms with Crippen molar-refractivity contribution in [2.24, 2.45) is 5.92 Å². The largest absolute Gasteiger partial charge is 0.310 e. The number of allylic oxidation sites excluding steroid dienone is 2. The standard InChI is InChI=1S/C49H44BN/c1-30-26-39-37-29-38-35(46-45(31(37)2)36-20-13-14-22-40(36)49(46,5)6)21-15-23-43(38)50-44-25-24-34(28-41(44)48(3,4)42(27-30)47(39)50)51(32-16-9-7-10-17-32)33-18-11-8-12-19-33/h7-28,31,37H,29H2,1-6H3/t31?,37-/m1/s1. The topological polar surface area (TPSA) is 3.24 Å². The van der Waals surface area contributed by atoms with Crippen LogP contribution in [-0.2, 0) is 17.3 Å². The van der Waals surface area contributed by atoms with E-state index in [2.05, 4.69) is 180 Å². The van der Waals surface area contributed by atoms with Gasteiger partial charge in [-0.2, -0.15) is 0 Å². The molecule has 4 aliphatic rings. The number of hydrogen-bond donors (Lipinski definition) is 0. The molecule has 51 heavy (non-hydrogen) atoms. The molecule has 6 aromatic carbocycles. The zero-order chi connectivity index (χ0) is 34.8. The SMILES string of the molecule is Cc1cc2c3c(c1)C(C)(C)c1cc(N(c4ccccc4)c4ccccc4)ccc1B3c1cccc3c1C[C@@H]2C(C)C1=C3C(C)(C)c2ccccc21. The molecule has 0 amide bonds. The first-order valence-electron chi connectivity index (χ1n) is 18.8. The molecule has 0 saturated carbocycles. The van der Waals surface area contributed by atoms with E-state index in [4.69, 9.17) is 0 Å². The quantitative estimate of drug-likeness (QED) is 0.171. The second kappa shape index (κ2) is 10.7. The van der Waals surface area contributed by atoms with Crippen LogP contribution in [0.15, 0.2) is 133 Å². The lowest BCUT2D eigenvalue weighted by molar-refractivity contribution is 0.562. The molecule has 0 radical (unpaired) electrons. The van der Waals surface area contributed by atoms with E-state index in [1.165, 1.54) is 61.4 Å². The molecule has 0 fully saturated rings. The Morgan fingerprint density at radius 2 is 1.25 bits per heavy atom. The van der Waals surface area contributed by atoms with Crippen molar-refractivity contribution < 1.29 is 0 Å². The molecule has 2 atom stereocenters. The minimum Gasteiger partial charge on any atom is -0.310 e. The van der Waals surface area contributed by atoms with Crippen molar-refractivity contribution in [1.29, 1.82) is 0 Å². The molecule has 2 aliphatic heterocycles. The van der Waals surface area contributed by atoms with Crippen LogP contribution < -0.4 is 21.3 Å². The van der Waals surface area contributed by atoms with Gasteiger partial charge < -0.3 is 4.90 Å². The van der Waals surface area contributed by atoms with Gasteiger partial charge in [-0.3, -0.25) is 0 Å². The summed E-state index contributed by atoms with van der Waals surface area (Å²) in [6.07, 6.45) is 1.08. The van der Waals surface area contributed by atoms with Gasteiger partial charge in [-0.15, -0.1) is 0 Å². The normalized spacial score (nSPS) is 19.7. The highest BCUT2D eigenvalue weighted by Crippen LogP contribution is 2.58. The van der Waals surface area contributed by atoms with Gasteiger partial charge in [-0.25, -0.2) is 0 Å². The van der Waals surface area contributed by atoms with Crippen LogP contribution in [0.4, 0.5) is 17.1 Å². The second-order valence-electron chi connectivity index (χ2n) is 16.6. The smallest absolute Gasteiger partial charge is 0.242 e. The van der Waals surface area contributed by atoms with Gasteiger partial charge in [0.15, 0.2) is 0 Å². The first kappa shape index (κ1) is 30.7. The Morgan fingerprint density at radius 3 is 1.98 bits per heavy atom. The van der Waals surface area contributed by atoms with Crippen LogP contribution in [0.25, 0.3) is 11.1 Å². The van der Waals surface area contributed by atoms with Gasteiger partial charge in [0.05, 0.1) is 0 Å². The number of anilines is 3. The lowest BCUT2D eigenvalue weighted by Crippen LogP contribution is -2.61. The Balaban J connectivity index is 1.26.